The SMILES string of the molecule is CCNC(=O)[C@@H](CC)N(Cc1ccc(Cl)cc1)C(=O)CN(c1ccc(OCC)cc1)S(C)(=O)=O. The highest BCUT2D eigenvalue weighted by molar-refractivity contribution is 7.92. The van der Waals surface area contributed by atoms with Gasteiger partial charge in [0.15, 0.2) is 0 Å². The third kappa shape index (κ3) is 7.63. The molecule has 0 saturated carbocycles. The number of carbonyl (C=O) groups is 2. The molecule has 0 aliphatic heterocycles. The van der Waals surface area contributed by atoms with Gasteiger partial charge in [-0.3, -0.25) is 13.9 Å². The number of sulfonamides is 1. The van der Waals surface area contributed by atoms with Crippen LogP contribution < -0.4 is 14.4 Å². The van der Waals surface area contributed by atoms with Gasteiger partial charge in [0.1, 0.15) is 18.3 Å². The summed E-state index contributed by atoms with van der Waals surface area (Å²) < 4.78 is 31.7. The lowest BCUT2D eigenvalue weighted by molar-refractivity contribution is -0.140. The van der Waals surface area contributed by atoms with Gasteiger partial charge in [0.05, 0.1) is 18.6 Å². The first-order valence-corrected chi connectivity index (χ1v) is 13.3. The number of likely N-dealkylation sites (N-methyl/N-ethyl adjacent to an activating group) is 1. The standard InChI is InChI=1S/C24H32ClN3O5S/c1-5-22(24(30)26-6-2)27(16-18-8-10-19(25)11-9-18)23(29)17-28(34(4,31)32)20-12-14-21(15-13-20)33-7-3/h8-15,22H,5-7,16-17H2,1-4H3,(H,26,30)/t22-/m1/s1. The van der Waals surface area contributed by atoms with Crippen LogP contribution in [0.15, 0.2) is 48.5 Å². The number of nitrogens with one attached hydrogen (secondary N) is 1. The molecule has 1 atom stereocenters. The van der Waals surface area contributed by atoms with Gasteiger partial charge in [0.25, 0.3) is 0 Å². The number of hydrogen-bond acceptors (Lipinski definition) is 5. The second-order valence-electron chi connectivity index (χ2n) is 7.66. The summed E-state index contributed by atoms with van der Waals surface area (Å²) in [7, 11) is -3.79. The van der Waals surface area contributed by atoms with Gasteiger partial charge in [0.2, 0.25) is 21.8 Å². The summed E-state index contributed by atoms with van der Waals surface area (Å²) in [4.78, 5) is 27.7. The minimum absolute atomic E-state index is 0.131. The zero-order valence-electron chi connectivity index (χ0n) is 20.0. The Bertz CT molecular complexity index is 1060. The Morgan fingerprint density at radius 1 is 1.03 bits per heavy atom. The molecule has 2 aromatic rings. The second-order valence-corrected chi connectivity index (χ2v) is 10.0. The van der Waals surface area contributed by atoms with Gasteiger partial charge >= 0.3 is 0 Å². The van der Waals surface area contributed by atoms with Gasteiger partial charge in [0, 0.05) is 18.1 Å². The van der Waals surface area contributed by atoms with Crippen molar-refractivity contribution in [1.29, 1.82) is 0 Å². The number of halogens is 1. The summed E-state index contributed by atoms with van der Waals surface area (Å²) in [6.07, 6.45) is 1.41. The maximum absolute atomic E-state index is 13.5. The number of ether oxygens (including phenoxy) is 1. The third-order valence-corrected chi connectivity index (χ3v) is 6.51. The lowest BCUT2D eigenvalue weighted by atomic mass is 10.1. The highest BCUT2D eigenvalue weighted by Gasteiger charge is 2.31. The van der Waals surface area contributed by atoms with Crippen molar-refractivity contribution in [2.24, 2.45) is 0 Å². The van der Waals surface area contributed by atoms with Crippen LogP contribution >= 0.6 is 11.6 Å². The zero-order chi connectivity index (χ0) is 25.3. The largest absolute Gasteiger partial charge is 0.494 e. The van der Waals surface area contributed by atoms with Crippen molar-refractivity contribution in [2.45, 2.75) is 39.8 Å². The molecule has 0 aliphatic carbocycles. The maximum Gasteiger partial charge on any atom is 0.244 e. The van der Waals surface area contributed by atoms with Crippen LogP contribution in [0.2, 0.25) is 5.02 Å². The molecule has 0 unspecified atom stereocenters. The smallest absolute Gasteiger partial charge is 0.244 e. The molecule has 2 amide bonds. The molecule has 0 bridgehead atoms. The van der Waals surface area contributed by atoms with E-state index in [1.165, 1.54) is 4.90 Å². The van der Waals surface area contributed by atoms with E-state index in [1.807, 2.05) is 13.8 Å². The van der Waals surface area contributed by atoms with Crippen molar-refractivity contribution < 1.29 is 22.7 Å². The average molecular weight is 510 g/mol. The molecular weight excluding hydrogens is 478 g/mol. The summed E-state index contributed by atoms with van der Waals surface area (Å²) in [5.41, 5.74) is 1.10. The Morgan fingerprint density at radius 3 is 2.15 bits per heavy atom. The number of amides is 2. The van der Waals surface area contributed by atoms with Crippen LogP contribution in [0.1, 0.15) is 32.8 Å². The summed E-state index contributed by atoms with van der Waals surface area (Å²) in [6, 6.07) is 12.7. The fourth-order valence-electron chi connectivity index (χ4n) is 3.49. The van der Waals surface area contributed by atoms with Crippen LogP contribution in [-0.4, -0.2) is 57.1 Å². The topological polar surface area (TPSA) is 96.0 Å². The van der Waals surface area contributed by atoms with E-state index in [1.54, 1.807) is 55.5 Å². The van der Waals surface area contributed by atoms with Crippen LogP contribution in [0, 0.1) is 0 Å². The van der Waals surface area contributed by atoms with Crippen molar-refractivity contribution in [2.75, 3.05) is 30.3 Å². The molecule has 0 spiro atoms. The molecule has 34 heavy (non-hydrogen) atoms. The number of nitrogens with zero attached hydrogens (tertiary/aromatic N) is 2. The molecule has 0 aliphatic rings. The van der Waals surface area contributed by atoms with Gasteiger partial charge in [-0.1, -0.05) is 30.7 Å². The lowest BCUT2D eigenvalue weighted by Crippen LogP contribution is -2.52. The predicted octanol–water partition coefficient (Wildman–Crippen LogP) is 3.45. The monoisotopic (exact) mass is 509 g/mol. The van der Waals surface area contributed by atoms with Crippen LogP contribution in [0.5, 0.6) is 5.75 Å². The van der Waals surface area contributed by atoms with Gasteiger partial charge < -0.3 is 15.0 Å². The zero-order valence-corrected chi connectivity index (χ0v) is 21.5. The molecule has 186 valence electrons. The Hall–Kier alpha value is -2.78. The molecule has 0 fully saturated rings. The lowest BCUT2D eigenvalue weighted by Gasteiger charge is -2.32. The van der Waals surface area contributed by atoms with Crippen LogP contribution in [0.25, 0.3) is 0 Å². The highest BCUT2D eigenvalue weighted by Crippen LogP contribution is 2.23. The van der Waals surface area contributed by atoms with E-state index in [0.29, 0.717) is 36.0 Å². The quantitative estimate of drug-likeness (QED) is 0.472. The molecule has 0 aromatic heterocycles. The molecule has 2 rings (SSSR count). The van der Waals surface area contributed by atoms with Crippen molar-refractivity contribution in [3.63, 3.8) is 0 Å². The van der Waals surface area contributed by atoms with Crippen LogP contribution in [-0.2, 0) is 26.2 Å². The molecule has 0 heterocycles. The normalized spacial score (nSPS) is 12.0. The molecule has 8 nitrogen and oxygen atoms in total. The van der Waals surface area contributed by atoms with E-state index in [-0.39, 0.29) is 12.5 Å². The second kappa shape index (κ2) is 12.6. The number of benzene rings is 2. The Kier molecular flexibility index (Phi) is 10.2. The summed E-state index contributed by atoms with van der Waals surface area (Å²) in [6.45, 7) is 6.04. The van der Waals surface area contributed by atoms with Gasteiger partial charge in [-0.15, -0.1) is 0 Å². The first kappa shape index (κ1) is 27.5. The van der Waals surface area contributed by atoms with Crippen molar-refractivity contribution in [3.05, 3.63) is 59.1 Å². The first-order chi connectivity index (χ1) is 16.1. The molecule has 0 radical (unpaired) electrons. The molecule has 10 heteroatoms. The molecule has 0 saturated heterocycles. The van der Waals surface area contributed by atoms with E-state index < -0.39 is 28.5 Å². The van der Waals surface area contributed by atoms with E-state index >= 15 is 0 Å². The average Bonchev–Trinajstić information content (AvgIpc) is 2.79. The minimum Gasteiger partial charge on any atom is -0.494 e. The third-order valence-electron chi connectivity index (χ3n) is 5.12. The van der Waals surface area contributed by atoms with Gasteiger partial charge in [-0.05, 0) is 62.2 Å². The highest BCUT2D eigenvalue weighted by atomic mass is 35.5. The number of hydrogen-bond donors (Lipinski definition) is 1. The fourth-order valence-corrected chi connectivity index (χ4v) is 4.46. The first-order valence-electron chi connectivity index (χ1n) is 11.1. The van der Waals surface area contributed by atoms with E-state index in [2.05, 4.69) is 5.32 Å². The minimum atomic E-state index is -3.79. The van der Waals surface area contributed by atoms with E-state index in [4.69, 9.17) is 16.3 Å². The Labute approximate surface area is 206 Å². The maximum atomic E-state index is 13.5. The molecular formula is C24H32ClN3O5S. The molecule has 2 aromatic carbocycles. The van der Waals surface area contributed by atoms with Crippen molar-refractivity contribution in [1.82, 2.24) is 10.2 Å². The predicted molar refractivity (Wildman–Crippen MR) is 135 cm³/mol. The fraction of sp³-hybridized carbons (Fsp3) is 0.417. The number of anilines is 1. The summed E-state index contributed by atoms with van der Waals surface area (Å²) in [5, 5.41) is 3.31. The van der Waals surface area contributed by atoms with Crippen molar-refractivity contribution >= 4 is 39.1 Å². The Balaban J connectivity index is 2.39. The number of rotatable bonds is 12. The van der Waals surface area contributed by atoms with Crippen molar-refractivity contribution in [3.8, 4) is 5.75 Å². The van der Waals surface area contributed by atoms with Gasteiger partial charge in [-0.25, -0.2) is 8.42 Å². The molecule has 1 N–H and O–H groups in total. The van der Waals surface area contributed by atoms with E-state index in [0.717, 1.165) is 16.1 Å². The van der Waals surface area contributed by atoms with E-state index in [9.17, 15) is 18.0 Å². The van der Waals surface area contributed by atoms with Crippen LogP contribution in [0.4, 0.5) is 5.69 Å². The Morgan fingerprint density at radius 2 is 1.65 bits per heavy atom. The number of carbonyl (C=O) groups excluding carboxylic acids is 2. The summed E-state index contributed by atoms with van der Waals surface area (Å²) >= 11 is 5.98. The summed E-state index contributed by atoms with van der Waals surface area (Å²) in [5.74, 6) is -0.190. The van der Waals surface area contributed by atoms with Gasteiger partial charge in [-0.2, -0.15) is 0 Å². The van der Waals surface area contributed by atoms with Crippen LogP contribution in [0.3, 0.4) is 0 Å².